The van der Waals surface area contributed by atoms with Gasteiger partial charge in [0.1, 0.15) is 0 Å². The van der Waals surface area contributed by atoms with E-state index in [1.54, 1.807) is 0 Å². The van der Waals surface area contributed by atoms with E-state index in [1.165, 1.54) is 0 Å². The molecule has 0 fully saturated rings. The molecular formula is C19H16NOS+. The number of benzene rings is 2. The van der Waals surface area contributed by atoms with E-state index in [9.17, 15) is 4.79 Å². The first-order valence-corrected chi connectivity index (χ1v) is 7.54. The Labute approximate surface area is 135 Å². The number of nitrogens with zero attached hydrogens (tertiary/aromatic N) is 1. The Morgan fingerprint density at radius 3 is 2.18 bits per heavy atom. The first-order chi connectivity index (χ1) is 10.7. The molecule has 0 saturated carbocycles. The van der Waals surface area contributed by atoms with E-state index >= 15 is 0 Å². The van der Waals surface area contributed by atoms with Gasteiger partial charge in [-0.3, -0.25) is 4.79 Å². The summed E-state index contributed by atoms with van der Waals surface area (Å²) in [5, 5.41) is 0. The molecule has 0 saturated heterocycles. The molecule has 0 amide bonds. The summed E-state index contributed by atoms with van der Waals surface area (Å²) in [6.45, 7) is 0.340. The molecule has 3 rings (SSSR count). The lowest BCUT2D eigenvalue weighted by atomic mass is 10.1. The zero-order valence-electron chi connectivity index (χ0n) is 12.0. The van der Waals surface area contributed by atoms with Crippen molar-refractivity contribution in [2.45, 2.75) is 11.4 Å². The highest BCUT2D eigenvalue weighted by Gasteiger charge is 2.12. The molecule has 0 aliphatic carbocycles. The van der Waals surface area contributed by atoms with Crippen LogP contribution in [0.5, 0.6) is 0 Å². The molecule has 2 aromatic carbocycles. The van der Waals surface area contributed by atoms with Gasteiger partial charge in [-0.1, -0.05) is 48.5 Å². The molecule has 0 aliphatic heterocycles. The number of carbonyl (C=O) groups is 1. The van der Waals surface area contributed by atoms with Crippen molar-refractivity contribution >= 4 is 18.4 Å². The van der Waals surface area contributed by atoms with Crippen molar-refractivity contribution in [2.75, 3.05) is 0 Å². The fourth-order valence-electron chi connectivity index (χ4n) is 2.34. The van der Waals surface area contributed by atoms with Crippen molar-refractivity contribution in [3.63, 3.8) is 0 Å². The van der Waals surface area contributed by atoms with E-state index in [0.29, 0.717) is 6.54 Å². The third-order valence-electron chi connectivity index (χ3n) is 3.53. The molecule has 1 heterocycles. The fraction of sp³-hybridized carbons (Fsp3) is 0.0526. The molecule has 2 nitrogen and oxygen atoms in total. The summed E-state index contributed by atoms with van der Waals surface area (Å²) in [5.74, 6) is 0.105. The van der Waals surface area contributed by atoms with Crippen molar-refractivity contribution in [1.82, 2.24) is 0 Å². The van der Waals surface area contributed by atoms with Crippen LogP contribution in [-0.2, 0) is 6.54 Å². The molecule has 0 radical (unpaired) electrons. The van der Waals surface area contributed by atoms with Gasteiger partial charge in [-0.05, 0) is 17.2 Å². The van der Waals surface area contributed by atoms with Gasteiger partial charge in [0.05, 0.1) is 0 Å². The summed E-state index contributed by atoms with van der Waals surface area (Å²) in [5.41, 5.74) is 2.92. The van der Waals surface area contributed by atoms with Gasteiger partial charge < -0.3 is 0 Å². The smallest absolute Gasteiger partial charge is 0.227 e. The van der Waals surface area contributed by atoms with Gasteiger partial charge in [-0.15, -0.1) is 12.6 Å². The van der Waals surface area contributed by atoms with Crippen LogP contribution in [0.1, 0.15) is 10.4 Å². The van der Waals surface area contributed by atoms with Crippen molar-refractivity contribution in [2.24, 2.45) is 0 Å². The SMILES string of the molecule is O=C(C[n+]1ccc(-c2ccccc2S)cc1)c1ccccc1. The van der Waals surface area contributed by atoms with Crippen molar-refractivity contribution in [1.29, 1.82) is 0 Å². The number of thiol groups is 1. The maximum absolute atomic E-state index is 12.2. The minimum absolute atomic E-state index is 0.105. The highest BCUT2D eigenvalue weighted by molar-refractivity contribution is 7.80. The predicted molar refractivity (Wildman–Crippen MR) is 90.1 cm³/mol. The van der Waals surface area contributed by atoms with Crippen LogP contribution in [-0.4, -0.2) is 5.78 Å². The Kier molecular flexibility index (Phi) is 4.35. The topological polar surface area (TPSA) is 20.9 Å². The number of aromatic nitrogens is 1. The maximum Gasteiger partial charge on any atom is 0.227 e. The summed E-state index contributed by atoms with van der Waals surface area (Å²) in [4.78, 5) is 13.1. The summed E-state index contributed by atoms with van der Waals surface area (Å²) in [6, 6.07) is 21.3. The standard InChI is InChI=1S/C19H15NOS/c21-18(16-6-2-1-3-7-16)14-20-12-10-15(11-13-20)17-8-4-5-9-19(17)22/h1-13H,14H2/p+1. The number of carbonyl (C=O) groups excluding carboxylic acids is 1. The zero-order valence-corrected chi connectivity index (χ0v) is 12.9. The molecule has 108 valence electrons. The molecule has 0 atom stereocenters. The zero-order chi connectivity index (χ0) is 15.4. The monoisotopic (exact) mass is 306 g/mol. The average Bonchev–Trinajstić information content (AvgIpc) is 2.57. The molecule has 3 heteroatoms. The Morgan fingerprint density at radius 1 is 0.864 bits per heavy atom. The largest absolute Gasteiger partial charge is 0.287 e. The molecule has 0 unspecified atom stereocenters. The third kappa shape index (κ3) is 3.26. The van der Waals surface area contributed by atoms with Gasteiger partial charge in [0.25, 0.3) is 0 Å². The highest BCUT2D eigenvalue weighted by Crippen LogP contribution is 2.24. The lowest BCUT2D eigenvalue weighted by Crippen LogP contribution is -2.37. The minimum atomic E-state index is 0.105. The van der Waals surface area contributed by atoms with Gasteiger partial charge in [-0.25, -0.2) is 0 Å². The predicted octanol–water partition coefficient (Wildman–Crippen LogP) is 3.81. The van der Waals surface area contributed by atoms with E-state index in [4.69, 9.17) is 0 Å². The average molecular weight is 306 g/mol. The molecule has 0 N–H and O–H groups in total. The van der Waals surface area contributed by atoms with Gasteiger partial charge >= 0.3 is 0 Å². The molecule has 0 aliphatic rings. The van der Waals surface area contributed by atoms with E-state index in [0.717, 1.165) is 21.6 Å². The van der Waals surface area contributed by atoms with Crippen LogP contribution >= 0.6 is 12.6 Å². The second-order valence-electron chi connectivity index (χ2n) is 5.07. The summed E-state index contributed by atoms with van der Waals surface area (Å²) in [7, 11) is 0. The Hall–Kier alpha value is -2.39. The van der Waals surface area contributed by atoms with Crippen LogP contribution in [0.15, 0.2) is 84.0 Å². The molecule has 0 spiro atoms. The number of rotatable bonds is 4. The first-order valence-electron chi connectivity index (χ1n) is 7.10. The van der Waals surface area contributed by atoms with E-state index < -0.39 is 0 Å². The Bertz CT molecular complexity index is 782. The maximum atomic E-state index is 12.2. The van der Waals surface area contributed by atoms with E-state index in [1.807, 2.05) is 83.7 Å². The van der Waals surface area contributed by atoms with Crippen LogP contribution in [0.25, 0.3) is 11.1 Å². The van der Waals surface area contributed by atoms with Gasteiger partial charge in [0.15, 0.2) is 12.4 Å². The quantitative estimate of drug-likeness (QED) is 0.442. The lowest BCUT2D eigenvalue weighted by Gasteiger charge is -2.04. The van der Waals surface area contributed by atoms with Gasteiger partial charge in [0.2, 0.25) is 12.3 Å². The van der Waals surface area contributed by atoms with E-state index in [-0.39, 0.29) is 5.78 Å². The summed E-state index contributed by atoms with van der Waals surface area (Å²) < 4.78 is 1.89. The number of ketones is 1. The molecule has 3 aromatic rings. The molecular weight excluding hydrogens is 290 g/mol. The molecule has 0 bridgehead atoms. The Balaban J connectivity index is 1.78. The second-order valence-corrected chi connectivity index (χ2v) is 5.55. The number of pyridine rings is 1. The molecule has 22 heavy (non-hydrogen) atoms. The fourth-order valence-corrected chi connectivity index (χ4v) is 2.63. The van der Waals surface area contributed by atoms with Crippen molar-refractivity contribution in [3.05, 3.63) is 84.7 Å². The van der Waals surface area contributed by atoms with Crippen molar-refractivity contribution in [3.8, 4) is 11.1 Å². The summed E-state index contributed by atoms with van der Waals surface area (Å²) >= 11 is 4.48. The number of hydrogen-bond donors (Lipinski definition) is 1. The number of Topliss-reactive ketones (excluding diaryl/α,β-unsaturated/α-hetero) is 1. The number of hydrogen-bond acceptors (Lipinski definition) is 2. The highest BCUT2D eigenvalue weighted by atomic mass is 32.1. The van der Waals surface area contributed by atoms with E-state index in [2.05, 4.69) is 12.6 Å². The van der Waals surface area contributed by atoms with Crippen LogP contribution in [0.3, 0.4) is 0 Å². The van der Waals surface area contributed by atoms with Crippen molar-refractivity contribution < 1.29 is 9.36 Å². The van der Waals surface area contributed by atoms with Crippen LogP contribution in [0.4, 0.5) is 0 Å². The first kappa shape index (κ1) is 14.5. The third-order valence-corrected chi connectivity index (χ3v) is 3.92. The minimum Gasteiger partial charge on any atom is -0.287 e. The van der Waals surface area contributed by atoms with Gasteiger partial charge in [0, 0.05) is 22.6 Å². The Morgan fingerprint density at radius 2 is 1.50 bits per heavy atom. The van der Waals surface area contributed by atoms with Crippen LogP contribution in [0.2, 0.25) is 0 Å². The molecule has 1 aromatic heterocycles. The second kappa shape index (κ2) is 6.58. The lowest BCUT2D eigenvalue weighted by molar-refractivity contribution is -0.683. The van der Waals surface area contributed by atoms with Crippen LogP contribution < -0.4 is 4.57 Å². The van der Waals surface area contributed by atoms with Gasteiger partial charge in [-0.2, -0.15) is 4.57 Å². The summed E-state index contributed by atoms with van der Waals surface area (Å²) in [6.07, 6.45) is 3.85. The van der Waals surface area contributed by atoms with Crippen LogP contribution in [0, 0.1) is 0 Å². The normalized spacial score (nSPS) is 10.4.